The normalized spacial score (nSPS) is 10.8. The van der Waals surface area contributed by atoms with Crippen molar-refractivity contribution in [2.45, 2.75) is 6.54 Å². The van der Waals surface area contributed by atoms with E-state index in [1.165, 1.54) is 6.07 Å². The molecule has 1 N–H and O–H groups in total. The topological polar surface area (TPSA) is 38.1 Å². The Morgan fingerprint density at radius 2 is 1.95 bits per heavy atom. The van der Waals surface area contributed by atoms with Crippen LogP contribution in [0.25, 0.3) is 11.1 Å². The van der Waals surface area contributed by atoms with Gasteiger partial charge < -0.3 is 5.11 Å². The molecule has 3 aromatic rings. The molecule has 3 nitrogen and oxygen atoms in total. The molecular weight excluding hydrogens is 291 g/mol. The van der Waals surface area contributed by atoms with Crippen LogP contribution < -0.4 is 0 Å². The maximum absolute atomic E-state index is 13.9. The lowest BCUT2D eigenvalue weighted by Gasteiger charge is -2.03. The number of hydrogen-bond donors (Lipinski definition) is 1. The van der Waals surface area contributed by atoms with Crippen molar-refractivity contribution in [1.82, 2.24) is 9.78 Å². The van der Waals surface area contributed by atoms with Gasteiger partial charge in [-0.1, -0.05) is 41.9 Å². The lowest BCUT2D eigenvalue weighted by molar-refractivity contribution is 0.469. The average Bonchev–Trinajstić information content (AvgIpc) is 2.92. The number of phenols is 1. The number of aromatic nitrogens is 2. The van der Waals surface area contributed by atoms with Crippen LogP contribution in [0.4, 0.5) is 4.39 Å². The lowest BCUT2D eigenvalue weighted by atomic mass is 10.1. The summed E-state index contributed by atoms with van der Waals surface area (Å²) in [7, 11) is 0. The Labute approximate surface area is 126 Å². The van der Waals surface area contributed by atoms with E-state index in [2.05, 4.69) is 5.10 Å². The van der Waals surface area contributed by atoms with E-state index in [0.717, 1.165) is 11.6 Å². The van der Waals surface area contributed by atoms with Gasteiger partial charge in [-0.05, 0) is 11.6 Å². The van der Waals surface area contributed by atoms with Gasteiger partial charge in [0, 0.05) is 23.4 Å². The van der Waals surface area contributed by atoms with E-state index in [0.29, 0.717) is 17.7 Å². The quantitative estimate of drug-likeness (QED) is 0.791. The summed E-state index contributed by atoms with van der Waals surface area (Å²) < 4.78 is 15.6. The van der Waals surface area contributed by atoms with E-state index >= 15 is 0 Å². The molecule has 106 valence electrons. The van der Waals surface area contributed by atoms with Crippen LogP contribution in [0.15, 0.2) is 54.9 Å². The highest BCUT2D eigenvalue weighted by Gasteiger charge is 2.11. The summed E-state index contributed by atoms with van der Waals surface area (Å²) in [4.78, 5) is 0. The Kier molecular flexibility index (Phi) is 3.62. The van der Waals surface area contributed by atoms with Gasteiger partial charge in [-0.25, -0.2) is 4.39 Å². The Morgan fingerprint density at radius 3 is 2.71 bits per heavy atom. The minimum absolute atomic E-state index is 0.113. The molecule has 0 unspecified atom stereocenters. The lowest BCUT2D eigenvalue weighted by Crippen LogP contribution is -1.99. The van der Waals surface area contributed by atoms with Crippen molar-refractivity contribution in [3.8, 4) is 16.9 Å². The van der Waals surface area contributed by atoms with Gasteiger partial charge in [-0.2, -0.15) is 5.10 Å². The molecule has 0 aliphatic carbocycles. The summed E-state index contributed by atoms with van der Waals surface area (Å²) in [6, 6.07) is 12.3. The molecule has 1 heterocycles. The molecule has 0 radical (unpaired) electrons. The Bertz CT molecular complexity index is 771. The number of nitrogens with zero attached hydrogens (tertiary/aromatic N) is 2. The van der Waals surface area contributed by atoms with E-state index in [1.54, 1.807) is 17.1 Å². The number of halogens is 2. The van der Waals surface area contributed by atoms with Gasteiger partial charge in [0.2, 0.25) is 0 Å². The number of aromatic hydroxyl groups is 1. The van der Waals surface area contributed by atoms with Crippen molar-refractivity contribution in [3.63, 3.8) is 0 Å². The van der Waals surface area contributed by atoms with Crippen LogP contribution in [0.1, 0.15) is 5.56 Å². The molecule has 0 bridgehead atoms. The van der Waals surface area contributed by atoms with Crippen molar-refractivity contribution >= 4 is 11.6 Å². The molecule has 3 rings (SSSR count). The minimum atomic E-state index is -0.531. The fraction of sp³-hybridized carbons (Fsp3) is 0.0625. The van der Waals surface area contributed by atoms with Gasteiger partial charge in [-0.15, -0.1) is 0 Å². The monoisotopic (exact) mass is 302 g/mol. The smallest absolute Gasteiger partial charge is 0.137 e. The first-order chi connectivity index (χ1) is 10.1. The highest BCUT2D eigenvalue weighted by molar-refractivity contribution is 6.32. The van der Waals surface area contributed by atoms with Gasteiger partial charge in [0.25, 0.3) is 0 Å². The zero-order valence-electron chi connectivity index (χ0n) is 11.0. The van der Waals surface area contributed by atoms with Crippen LogP contribution in [0, 0.1) is 5.82 Å². The van der Waals surface area contributed by atoms with E-state index in [4.69, 9.17) is 11.6 Å². The summed E-state index contributed by atoms with van der Waals surface area (Å²) in [6.07, 6.45) is 3.33. The molecule has 0 fully saturated rings. The molecular formula is C16H12ClFN2O. The predicted octanol–water partition coefficient (Wildman–Crippen LogP) is 4.10. The molecule has 0 amide bonds. The Hall–Kier alpha value is -2.33. The Morgan fingerprint density at radius 1 is 1.19 bits per heavy atom. The van der Waals surface area contributed by atoms with E-state index in [1.807, 2.05) is 30.3 Å². The van der Waals surface area contributed by atoms with Gasteiger partial charge in [-0.3, -0.25) is 4.68 Å². The van der Waals surface area contributed by atoms with Crippen molar-refractivity contribution in [3.05, 3.63) is 71.3 Å². The van der Waals surface area contributed by atoms with Crippen LogP contribution in [0.3, 0.4) is 0 Å². The number of benzene rings is 2. The highest BCUT2D eigenvalue weighted by Crippen LogP contribution is 2.32. The minimum Gasteiger partial charge on any atom is -0.506 e. The van der Waals surface area contributed by atoms with Gasteiger partial charge >= 0.3 is 0 Å². The maximum Gasteiger partial charge on any atom is 0.137 e. The van der Waals surface area contributed by atoms with Crippen molar-refractivity contribution < 1.29 is 9.50 Å². The Balaban J connectivity index is 1.90. The van der Waals surface area contributed by atoms with Gasteiger partial charge in [0.15, 0.2) is 0 Å². The summed E-state index contributed by atoms with van der Waals surface area (Å²) >= 11 is 5.83. The number of hydrogen-bond acceptors (Lipinski definition) is 2. The first-order valence-corrected chi connectivity index (χ1v) is 6.76. The molecule has 0 saturated heterocycles. The summed E-state index contributed by atoms with van der Waals surface area (Å²) in [5.41, 5.74) is 2.04. The summed E-state index contributed by atoms with van der Waals surface area (Å²) in [5.74, 6) is -0.800. The van der Waals surface area contributed by atoms with Gasteiger partial charge in [0.05, 0.1) is 17.8 Å². The maximum atomic E-state index is 13.9. The zero-order chi connectivity index (χ0) is 14.8. The number of rotatable bonds is 3. The van der Waals surface area contributed by atoms with Crippen LogP contribution >= 0.6 is 11.6 Å². The SMILES string of the molecule is Oc1cc(F)c(-c2cnn(Cc3ccccc3)c2)cc1Cl. The fourth-order valence-electron chi connectivity index (χ4n) is 2.12. The molecule has 21 heavy (non-hydrogen) atoms. The van der Waals surface area contributed by atoms with Gasteiger partial charge in [0.1, 0.15) is 11.6 Å². The summed E-state index contributed by atoms with van der Waals surface area (Å²) in [6.45, 7) is 0.605. The molecule has 0 spiro atoms. The van der Waals surface area contributed by atoms with Crippen molar-refractivity contribution in [2.75, 3.05) is 0 Å². The molecule has 0 aliphatic rings. The zero-order valence-corrected chi connectivity index (χ0v) is 11.8. The molecule has 0 atom stereocenters. The van der Waals surface area contributed by atoms with Crippen LogP contribution in [-0.4, -0.2) is 14.9 Å². The first kappa shape index (κ1) is 13.6. The molecule has 1 aromatic heterocycles. The highest BCUT2D eigenvalue weighted by atomic mass is 35.5. The van der Waals surface area contributed by atoms with E-state index in [9.17, 15) is 9.50 Å². The van der Waals surface area contributed by atoms with Crippen LogP contribution in [-0.2, 0) is 6.54 Å². The molecule has 0 aliphatic heterocycles. The molecule has 2 aromatic carbocycles. The second-order valence-corrected chi connectivity index (χ2v) is 5.10. The third kappa shape index (κ3) is 2.90. The second kappa shape index (κ2) is 5.58. The van der Waals surface area contributed by atoms with E-state index < -0.39 is 5.82 Å². The second-order valence-electron chi connectivity index (χ2n) is 4.70. The van der Waals surface area contributed by atoms with Crippen LogP contribution in [0.5, 0.6) is 5.75 Å². The number of phenolic OH excluding ortho intramolecular Hbond substituents is 1. The standard InChI is InChI=1S/C16H12ClFN2O/c17-14-6-13(15(18)7-16(14)21)12-8-19-20(10-12)9-11-4-2-1-3-5-11/h1-8,10,21H,9H2. The summed E-state index contributed by atoms with van der Waals surface area (Å²) in [5, 5.41) is 13.7. The average molecular weight is 303 g/mol. The molecule has 5 heteroatoms. The fourth-order valence-corrected chi connectivity index (χ4v) is 2.28. The van der Waals surface area contributed by atoms with Crippen molar-refractivity contribution in [1.29, 1.82) is 0 Å². The largest absolute Gasteiger partial charge is 0.506 e. The molecule has 0 saturated carbocycles. The van der Waals surface area contributed by atoms with Crippen LogP contribution in [0.2, 0.25) is 5.02 Å². The predicted molar refractivity (Wildman–Crippen MR) is 79.8 cm³/mol. The third-order valence-corrected chi connectivity index (χ3v) is 3.47. The van der Waals surface area contributed by atoms with Crippen molar-refractivity contribution in [2.24, 2.45) is 0 Å². The van der Waals surface area contributed by atoms with E-state index in [-0.39, 0.29) is 10.8 Å². The first-order valence-electron chi connectivity index (χ1n) is 6.38. The third-order valence-electron chi connectivity index (χ3n) is 3.17.